The van der Waals surface area contributed by atoms with Gasteiger partial charge in [0.25, 0.3) is 0 Å². The number of nitrogens with zero attached hydrogens (tertiary/aromatic N) is 1. The molecule has 0 fully saturated rings. The third kappa shape index (κ3) is 2.82. The summed E-state index contributed by atoms with van der Waals surface area (Å²) in [4.78, 5) is 7.39. The summed E-state index contributed by atoms with van der Waals surface area (Å²) >= 11 is 5.12. The van der Waals surface area contributed by atoms with Crippen LogP contribution in [0.25, 0.3) is 11.3 Å². The Hall–Kier alpha value is -1.55. The summed E-state index contributed by atoms with van der Waals surface area (Å²) in [5, 5.41) is 0. The van der Waals surface area contributed by atoms with Crippen molar-refractivity contribution in [2.45, 2.75) is 26.7 Å². The van der Waals surface area contributed by atoms with E-state index in [2.05, 4.69) is 16.9 Å². The van der Waals surface area contributed by atoms with E-state index in [0.29, 0.717) is 15.9 Å². The Morgan fingerprint density at radius 2 is 2.11 bits per heavy atom. The molecule has 1 aromatic carbocycles. The highest BCUT2D eigenvalue weighted by molar-refractivity contribution is 7.71. The third-order valence-electron chi connectivity index (χ3n) is 2.69. The zero-order valence-corrected chi connectivity index (χ0v) is 11.3. The summed E-state index contributed by atoms with van der Waals surface area (Å²) in [5.41, 5.74) is 2.25. The molecule has 0 aliphatic rings. The van der Waals surface area contributed by atoms with Gasteiger partial charge < -0.3 is 4.98 Å². The van der Waals surface area contributed by atoms with E-state index in [1.165, 1.54) is 6.07 Å². The van der Waals surface area contributed by atoms with Crippen LogP contribution in [-0.4, -0.2) is 9.97 Å². The second kappa shape index (κ2) is 5.40. The van der Waals surface area contributed by atoms with Crippen molar-refractivity contribution in [3.05, 3.63) is 46.1 Å². The van der Waals surface area contributed by atoms with Gasteiger partial charge in [0.05, 0.1) is 5.69 Å². The maximum absolute atomic E-state index is 13.8. The van der Waals surface area contributed by atoms with Crippen LogP contribution in [0.3, 0.4) is 0 Å². The molecule has 18 heavy (non-hydrogen) atoms. The van der Waals surface area contributed by atoms with Gasteiger partial charge in [-0.3, -0.25) is 0 Å². The molecule has 0 aliphatic carbocycles. The van der Waals surface area contributed by atoms with Crippen LogP contribution in [0.1, 0.15) is 24.7 Å². The summed E-state index contributed by atoms with van der Waals surface area (Å²) < 4.78 is 14.3. The number of hydrogen-bond acceptors (Lipinski definition) is 2. The number of benzene rings is 1. The number of halogens is 1. The van der Waals surface area contributed by atoms with E-state index < -0.39 is 0 Å². The Balaban J connectivity index is 2.56. The van der Waals surface area contributed by atoms with Gasteiger partial charge in [0.2, 0.25) is 0 Å². The van der Waals surface area contributed by atoms with Gasteiger partial charge in [0.15, 0.2) is 0 Å². The van der Waals surface area contributed by atoms with E-state index >= 15 is 0 Å². The minimum Gasteiger partial charge on any atom is -0.343 e. The molecule has 0 amide bonds. The molecular weight excluding hydrogens is 247 g/mol. The molecule has 0 spiro atoms. The summed E-state index contributed by atoms with van der Waals surface area (Å²) in [5.74, 6) is 0.556. The van der Waals surface area contributed by atoms with Crippen LogP contribution < -0.4 is 0 Å². The Bertz CT molecular complexity index is 619. The molecule has 1 aromatic heterocycles. The van der Waals surface area contributed by atoms with E-state index in [-0.39, 0.29) is 5.82 Å². The molecular formula is C14H15FN2S. The molecule has 0 bridgehead atoms. The topological polar surface area (TPSA) is 28.7 Å². The van der Waals surface area contributed by atoms with Crippen LogP contribution in [0.5, 0.6) is 0 Å². The monoisotopic (exact) mass is 262 g/mol. The van der Waals surface area contributed by atoms with Gasteiger partial charge >= 0.3 is 0 Å². The van der Waals surface area contributed by atoms with Crippen molar-refractivity contribution >= 4 is 12.2 Å². The minimum absolute atomic E-state index is 0.250. The lowest BCUT2D eigenvalue weighted by Gasteiger charge is -2.07. The fourth-order valence-electron chi connectivity index (χ4n) is 1.85. The van der Waals surface area contributed by atoms with Crippen LogP contribution in [0.15, 0.2) is 24.3 Å². The molecule has 2 rings (SSSR count). The zero-order chi connectivity index (χ0) is 13.1. The molecule has 0 saturated carbocycles. The van der Waals surface area contributed by atoms with Gasteiger partial charge in [-0.05, 0) is 31.5 Å². The number of aromatic amines is 1. The van der Waals surface area contributed by atoms with Crippen molar-refractivity contribution in [3.63, 3.8) is 0 Å². The molecule has 0 radical (unpaired) electrons. The van der Waals surface area contributed by atoms with Crippen LogP contribution >= 0.6 is 12.2 Å². The second-order valence-corrected chi connectivity index (χ2v) is 4.73. The van der Waals surface area contributed by atoms with Gasteiger partial charge in [0, 0.05) is 12.0 Å². The Morgan fingerprint density at radius 3 is 2.83 bits per heavy atom. The SMILES string of the molecule is CCCc1nc(=S)cc(-c2cc(C)ccc2F)[nH]1. The van der Waals surface area contributed by atoms with E-state index in [1.807, 2.05) is 13.0 Å². The summed E-state index contributed by atoms with van der Waals surface area (Å²) in [6.07, 6.45) is 1.78. The average Bonchev–Trinajstić information content (AvgIpc) is 2.32. The molecule has 2 nitrogen and oxygen atoms in total. The van der Waals surface area contributed by atoms with Crippen LogP contribution in [0.2, 0.25) is 0 Å². The van der Waals surface area contributed by atoms with Crippen molar-refractivity contribution in [1.82, 2.24) is 9.97 Å². The van der Waals surface area contributed by atoms with Crippen molar-refractivity contribution < 1.29 is 4.39 Å². The van der Waals surface area contributed by atoms with E-state index in [4.69, 9.17) is 12.2 Å². The fraction of sp³-hybridized carbons (Fsp3) is 0.286. The van der Waals surface area contributed by atoms with E-state index in [1.54, 1.807) is 12.1 Å². The lowest BCUT2D eigenvalue weighted by Crippen LogP contribution is -1.98. The summed E-state index contributed by atoms with van der Waals surface area (Å²) in [7, 11) is 0. The molecule has 0 unspecified atom stereocenters. The first-order valence-electron chi connectivity index (χ1n) is 5.97. The highest BCUT2D eigenvalue weighted by Gasteiger charge is 2.07. The van der Waals surface area contributed by atoms with E-state index in [9.17, 15) is 4.39 Å². The van der Waals surface area contributed by atoms with Gasteiger partial charge in [-0.2, -0.15) is 0 Å². The maximum atomic E-state index is 13.8. The van der Waals surface area contributed by atoms with Gasteiger partial charge in [-0.15, -0.1) is 0 Å². The predicted octanol–water partition coefficient (Wildman–Crippen LogP) is 4.21. The lowest BCUT2D eigenvalue weighted by molar-refractivity contribution is 0.630. The fourth-order valence-corrected chi connectivity index (χ4v) is 2.08. The van der Waals surface area contributed by atoms with E-state index in [0.717, 1.165) is 24.2 Å². The van der Waals surface area contributed by atoms with Gasteiger partial charge in [-0.25, -0.2) is 9.37 Å². The number of aromatic nitrogens is 2. The Morgan fingerprint density at radius 1 is 1.33 bits per heavy atom. The molecule has 2 aromatic rings. The lowest BCUT2D eigenvalue weighted by atomic mass is 10.1. The molecule has 4 heteroatoms. The molecule has 0 saturated heterocycles. The van der Waals surface area contributed by atoms with Crippen molar-refractivity contribution in [2.75, 3.05) is 0 Å². The van der Waals surface area contributed by atoms with Crippen molar-refractivity contribution in [2.24, 2.45) is 0 Å². The summed E-state index contributed by atoms with van der Waals surface area (Å²) in [6.45, 7) is 4.00. The number of rotatable bonds is 3. The van der Waals surface area contributed by atoms with Crippen molar-refractivity contribution in [3.8, 4) is 11.3 Å². The highest BCUT2D eigenvalue weighted by Crippen LogP contribution is 2.22. The molecule has 1 N–H and O–H groups in total. The smallest absolute Gasteiger partial charge is 0.132 e. The first-order chi connectivity index (χ1) is 8.60. The zero-order valence-electron chi connectivity index (χ0n) is 10.5. The molecule has 94 valence electrons. The minimum atomic E-state index is -0.250. The second-order valence-electron chi connectivity index (χ2n) is 4.31. The number of hydrogen-bond donors (Lipinski definition) is 1. The molecule has 1 heterocycles. The standard InChI is InChI=1S/C14H15FN2S/c1-3-4-13-16-12(8-14(18)17-13)10-7-9(2)5-6-11(10)15/h5-8H,3-4H2,1-2H3,(H,16,17,18). The first kappa shape index (κ1) is 12.9. The predicted molar refractivity (Wildman–Crippen MR) is 73.5 cm³/mol. The van der Waals surface area contributed by atoms with Crippen molar-refractivity contribution in [1.29, 1.82) is 0 Å². The molecule has 0 aliphatic heterocycles. The van der Waals surface area contributed by atoms with Crippen LogP contribution in [-0.2, 0) is 6.42 Å². The van der Waals surface area contributed by atoms with Gasteiger partial charge in [0.1, 0.15) is 16.3 Å². The van der Waals surface area contributed by atoms with Crippen LogP contribution in [0, 0.1) is 17.4 Å². The maximum Gasteiger partial charge on any atom is 0.132 e. The average molecular weight is 262 g/mol. The highest BCUT2D eigenvalue weighted by atomic mass is 32.1. The normalized spacial score (nSPS) is 10.6. The Labute approximate surface area is 111 Å². The van der Waals surface area contributed by atoms with Gasteiger partial charge in [-0.1, -0.05) is 30.8 Å². The number of nitrogens with one attached hydrogen (secondary N) is 1. The summed E-state index contributed by atoms with van der Waals surface area (Å²) in [6, 6.07) is 6.74. The number of H-pyrrole nitrogens is 1. The largest absolute Gasteiger partial charge is 0.343 e. The third-order valence-corrected chi connectivity index (χ3v) is 2.90. The quantitative estimate of drug-likeness (QED) is 0.839. The Kier molecular flexibility index (Phi) is 3.87. The molecule has 0 atom stereocenters. The van der Waals surface area contributed by atoms with Crippen LogP contribution in [0.4, 0.5) is 4.39 Å². The first-order valence-corrected chi connectivity index (χ1v) is 6.37. The number of aryl methyl sites for hydroxylation is 2.